The van der Waals surface area contributed by atoms with E-state index in [1.807, 2.05) is 24.3 Å². The summed E-state index contributed by atoms with van der Waals surface area (Å²) in [7, 11) is 0. The van der Waals surface area contributed by atoms with Crippen molar-refractivity contribution in [1.29, 1.82) is 0 Å². The van der Waals surface area contributed by atoms with Crippen LogP contribution >= 0.6 is 0 Å². The van der Waals surface area contributed by atoms with Crippen LogP contribution < -0.4 is 10.6 Å². The molecule has 0 heterocycles. The highest BCUT2D eigenvalue weighted by molar-refractivity contribution is 5.99. The van der Waals surface area contributed by atoms with Crippen LogP contribution in [0.3, 0.4) is 0 Å². The van der Waals surface area contributed by atoms with E-state index in [-0.39, 0.29) is 5.91 Å². The molecule has 1 aliphatic carbocycles. The normalized spacial score (nSPS) is 25.4. The van der Waals surface area contributed by atoms with E-state index in [4.69, 9.17) is 0 Å². The summed E-state index contributed by atoms with van der Waals surface area (Å²) < 4.78 is 0. The Kier molecular flexibility index (Phi) is 5.05. The van der Waals surface area contributed by atoms with Crippen LogP contribution in [0.1, 0.15) is 50.4 Å². The number of benzene rings is 1. The molecular formula is C17H26N2O. The molecule has 0 bridgehead atoms. The van der Waals surface area contributed by atoms with E-state index in [0.29, 0.717) is 17.9 Å². The number of nitrogens with one attached hydrogen (secondary N) is 2. The van der Waals surface area contributed by atoms with Crippen molar-refractivity contribution in [3.63, 3.8) is 0 Å². The van der Waals surface area contributed by atoms with Gasteiger partial charge in [0.2, 0.25) is 0 Å². The monoisotopic (exact) mass is 274 g/mol. The van der Waals surface area contributed by atoms with E-state index in [9.17, 15) is 4.79 Å². The largest absolute Gasteiger partial charge is 0.384 e. The van der Waals surface area contributed by atoms with Crippen molar-refractivity contribution in [2.24, 2.45) is 11.8 Å². The second-order valence-corrected chi connectivity index (χ2v) is 5.97. The summed E-state index contributed by atoms with van der Waals surface area (Å²) in [6, 6.07) is 8.08. The van der Waals surface area contributed by atoms with Crippen LogP contribution in [-0.4, -0.2) is 18.5 Å². The first kappa shape index (κ1) is 14.9. The van der Waals surface area contributed by atoms with Crippen LogP contribution in [0.2, 0.25) is 0 Å². The number of hydrogen-bond donors (Lipinski definition) is 2. The second-order valence-electron chi connectivity index (χ2n) is 5.97. The minimum absolute atomic E-state index is 0.0511. The predicted molar refractivity (Wildman–Crippen MR) is 84.0 cm³/mol. The van der Waals surface area contributed by atoms with Crippen molar-refractivity contribution < 1.29 is 4.79 Å². The van der Waals surface area contributed by atoms with Crippen LogP contribution in [0.15, 0.2) is 24.3 Å². The molecule has 1 aromatic carbocycles. The van der Waals surface area contributed by atoms with Gasteiger partial charge in [0.1, 0.15) is 0 Å². The first-order chi connectivity index (χ1) is 9.63. The van der Waals surface area contributed by atoms with Gasteiger partial charge < -0.3 is 10.6 Å². The molecule has 1 fully saturated rings. The molecule has 2 rings (SSSR count). The van der Waals surface area contributed by atoms with Gasteiger partial charge in [-0.3, -0.25) is 4.79 Å². The number of para-hydroxylation sites is 1. The average molecular weight is 274 g/mol. The summed E-state index contributed by atoms with van der Waals surface area (Å²) in [6.45, 7) is 7.52. The van der Waals surface area contributed by atoms with Gasteiger partial charge in [0.05, 0.1) is 5.56 Å². The van der Waals surface area contributed by atoms with Crippen molar-refractivity contribution in [3.05, 3.63) is 29.8 Å². The fraction of sp³-hybridized carbons (Fsp3) is 0.588. The molecule has 1 amide bonds. The Bertz CT molecular complexity index is 458. The molecule has 1 aliphatic rings. The zero-order chi connectivity index (χ0) is 14.5. The molecule has 0 saturated heterocycles. The third-order valence-corrected chi connectivity index (χ3v) is 4.52. The van der Waals surface area contributed by atoms with Crippen molar-refractivity contribution in [3.8, 4) is 0 Å². The van der Waals surface area contributed by atoms with Crippen LogP contribution in [0.25, 0.3) is 0 Å². The molecule has 3 atom stereocenters. The Balaban J connectivity index is 2.05. The minimum Gasteiger partial charge on any atom is -0.384 e. The first-order valence-corrected chi connectivity index (χ1v) is 7.77. The molecule has 0 aromatic heterocycles. The van der Waals surface area contributed by atoms with Crippen LogP contribution in [0.4, 0.5) is 5.69 Å². The van der Waals surface area contributed by atoms with E-state index in [0.717, 1.165) is 30.6 Å². The van der Waals surface area contributed by atoms with Crippen LogP contribution in [0.5, 0.6) is 0 Å². The van der Waals surface area contributed by atoms with E-state index < -0.39 is 0 Å². The molecule has 2 N–H and O–H groups in total. The molecule has 1 aromatic rings. The molecule has 3 heteroatoms. The van der Waals surface area contributed by atoms with Crippen LogP contribution in [-0.2, 0) is 0 Å². The third kappa shape index (κ3) is 3.33. The highest BCUT2D eigenvalue weighted by Gasteiger charge is 2.31. The lowest BCUT2D eigenvalue weighted by Crippen LogP contribution is -2.37. The fourth-order valence-corrected chi connectivity index (χ4v) is 2.91. The van der Waals surface area contributed by atoms with Gasteiger partial charge in [-0.05, 0) is 43.2 Å². The fourth-order valence-electron chi connectivity index (χ4n) is 2.91. The number of anilines is 1. The molecule has 0 aliphatic heterocycles. The lowest BCUT2D eigenvalue weighted by Gasteiger charge is -2.20. The molecular weight excluding hydrogens is 248 g/mol. The first-order valence-electron chi connectivity index (χ1n) is 7.77. The number of carbonyl (C=O) groups is 1. The average Bonchev–Trinajstić information content (AvgIpc) is 2.77. The second kappa shape index (κ2) is 6.78. The van der Waals surface area contributed by atoms with Gasteiger partial charge in [-0.25, -0.2) is 0 Å². The third-order valence-electron chi connectivity index (χ3n) is 4.52. The van der Waals surface area contributed by atoms with Crippen molar-refractivity contribution in [2.75, 3.05) is 11.9 Å². The van der Waals surface area contributed by atoms with Gasteiger partial charge in [-0.1, -0.05) is 32.9 Å². The Labute approximate surface area is 122 Å². The lowest BCUT2D eigenvalue weighted by atomic mass is 9.97. The van der Waals surface area contributed by atoms with Gasteiger partial charge >= 0.3 is 0 Å². The SMILES string of the molecule is CCCNc1ccccc1C(=O)NC1CCC(C)C1C. The minimum atomic E-state index is 0.0511. The highest BCUT2D eigenvalue weighted by Crippen LogP contribution is 2.31. The summed E-state index contributed by atoms with van der Waals surface area (Å²) in [5.41, 5.74) is 1.69. The summed E-state index contributed by atoms with van der Waals surface area (Å²) in [5, 5.41) is 6.54. The Morgan fingerprint density at radius 2 is 2.00 bits per heavy atom. The Morgan fingerprint density at radius 1 is 1.25 bits per heavy atom. The molecule has 3 unspecified atom stereocenters. The topological polar surface area (TPSA) is 41.1 Å². The Morgan fingerprint density at radius 3 is 2.65 bits per heavy atom. The predicted octanol–water partition coefficient (Wildman–Crippen LogP) is 3.67. The summed E-state index contributed by atoms with van der Waals surface area (Å²) in [4.78, 5) is 12.5. The number of carbonyl (C=O) groups excluding carboxylic acids is 1. The smallest absolute Gasteiger partial charge is 0.253 e. The summed E-state index contributed by atoms with van der Waals surface area (Å²) in [6.07, 6.45) is 3.35. The van der Waals surface area contributed by atoms with Crippen molar-refractivity contribution >= 4 is 11.6 Å². The summed E-state index contributed by atoms with van der Waals surface area (Å²) in [5.74, 6) is 1.32. The summed E-state index contributed by atoms with van der Waals surface area (Å²) >= 11 is 0. The highest BCUT2D eigenvalue weighted by atomic mass is 16.1. The molecule has 0 spiro atoms. The molecule has 3 nitrogen and oxygen atoms in total. The quantitative estimate of drug-likeness (QED) is 0.860. The van der Waals surface area contributed by atoms with Gasteiger partial charge in [-0.15, -0.1) is 0 Å². The molecule has 1 saturated carbocycles. The van der Waals surface area contributed by atoms with Gasteiger partial charge in [0.25, 0.3) is 5.91 Å². The zero-order valence-corrected chi connectivity index (χ0v) is 12.8. The standard InChI is InChI=1S/C17H26N2O/c1-4-11-18-16-8-6-5-7-14(16)17(20)19-15-10-9-12(2)13(15)3/h5-8,12-13,15,18H,4,9-11H2,1-3H3,(H,19,20). The zero-order valence-electron chi connectivity index (χ0n) is 12.8. The van der Waals surface area contributed by atoms with E-state index in [2.05, 4.69) is 31.4 Å². The van der Waals surface area contributed by atoms with Crippen molar-refractivity contribution in [2.45, 2.75) is 46.1 Å². The molecule has 0 radical (unpaired) electrons. The van der Waals surface area contributed by atoms with Gasteiger partial charge in [-0.2, -0.15) is 0 Å². The maximum absolute atomic E-state index is 12.5. The maximum Gasteiger partial charge on any atom is 0.253 e. The number of rotatable bonds is 5. The number of amides is 1. The van der Waals surface area contributed by atoms with Gasteiger partial charge in [0.15, 0.2) is 0 Å². The van der Waals surface area contributed by atoms with E-state index >= 15 is 0 Å². The van der Waals surface area contributed by atoms with Crippen LogP contribution in [0, 0.1) is 11.8 Å². The molecule has 20 heavy (non-hydrogen) atoms. The molecule has 110 valence electrons. The van der Waals surface area contributed by atoms with E-state index in [1.165, 1.54) is 6.42 Å². The number of hydrogen-bond acceptors (Lipinski definition) is 2. The lowest BCUT2D eigenvalue weighted by molar-refractivity contribution is 0.0928. The van der Waals surface area contributed by atoms with Gasteiger partial charge in [0, 0.05) is 18.3 Å². The van der Waals surface area contributed by atoms with Crippen molar-refractivity contribution in [1.82, 2.24) is 5.32 Å². The van der Waals surface area contributed by atoms with E-state index in [1.54, 1.807) is 0 Å². The Hall–Kier alpha value is -1.51. The maximum atomic E-state index is 12.5.